The van der Waals surface area contributed by atoms with Crippen LogP contribution in [0.25, 0.3) is 0 Å². The Labute approximate surface area is 166 Å². The molecule has 13 heteroatoms. The lowest BCUT2D eigenvalue weighted by atomic mass is 10.2. The molecule has 1 aromatic carbocycles. The van der Waals surface area contributed by atoms with Crippen LogP contribution in [0, 0.1) is 0 Å². The molecule has 2 aromatic rings. The summed E-state index contributed by atoms with van der Waals surface area (Å²) in [5.41, 5.74) is 4.42. The molecule has 1 atom stereocenters. The van der Waals surface area contributed by atoms with E-state index in [4.69, 9.17) is 15.2 Å². The molecule has 0 bridgehead atoms. The Morgan fingerprint density at radius 1 is 1.28 bits per heavy atom. The van der Waals surface area contributed by atoms with Crippen LogP contribution in [0.1, 0.15) is 30.6 Å². The minimum atomic E-state index is -4.52. The largest absolute Gasteiger partial charge is 0.462 e. The first-order valence-electron chi connectivity index (χ1n) is 8.53. The highest BCUT2D eigenvalue weighted by Gasteiger charge is 2.27. The molecule has 3 N–H and O–H groups in total. The monoisotopic (exact) mass is 427 g/mol. The van der Waals surface area contributed by atoms with Crippen LogP contribution in [0.5, 0.6) is 6.01 Å². The number of hydrogen-bond donors (Lipinski definition) is 2. The molecule has 0 aliphatic heterocycles. The summed E-state index contributed by atoms with van der Waals surface area (Å²) in [7, 11) is -3.25. The Hall–Kier alpha value is -3.19. The normalized spacial score (nSPS) is 12.3. The summed E-state index contributed by atoms with van der Waals surface area (Å²) in [6, 6.07) is 3.55. The zero-order valence-corrected chi connectivity index (χ0v) is 16.8. The minimum Gasteiger partial charge on any atom is -0.462 e. The summed E-state index contributed by atoms with van der Waals surface area (Å²) in [4.78, 5) is 36.1. The predicted molar refractivity (Wildman–Crippen MR) is 99.9 cm³/mol. The van der Waals surface area contributed by atoms with Gasteiger partial charge in [-0.25, -0.2) is 32.1 Å². The molecule has 29 heavy (non-hydrogen) atoms. The van der Waals surface area contributed by atoms with E-state index in [0.717, 1.165) is 10.6 Å². The molecular weight excluding hydrogens is 406 g/mol. The number of amides is 1. The lowest BCUT2D eigenvalue weighted by molar-refractivity contribution is 0.0521. The first-order chi connectivity index (χ1) is 13.6. The van der Waals surface area contributed by atoms with Crippen LogP contribution in [-0.2, 0) is 21.8 Å². The number of aromatic nitrogens is 3. The fourth-order valence-corrected chi connectivity index (χ4v) is 3.29. The quantitative estimate of drug-likeness (QED) is 0.449. The number of benzene rings is 1. The van der Waals surface area contributed by atoms with E-state index in [0.29, 0.717) is 6.42 Å². The molecule has 0 radical (unpaired) electrons. The van der Waals surface area contributed by atoms with Crippen molar-refractivity contribution in [2.75, 3.05) is 6.61 Å². The van der Waals surface area contributed by atoms with Gasteiger partial charge in [0.2, 0.25) is 0 Å². The third kappa shape index (κ3) is 4.81. The maximum atomic E-state index is 12.6. The predicted octanol–water partition coefficient (Wildman–Crippen LogP) is -0.221. The molecule has 0 saturated carbocycles. The molecule has 0 aliphatic carbocycles. The molecule has 0 saturated heterocycles. The Morgan fingerprint density at radius 2 is 1.93 bits per heavy atom. The molecule has 0 spiro atoms. The Kier molecular flexibility index (Phi) is 6.76. The van der Waals surface area contributed by atoms with Gasteiger partial charge in [0.25, 0.3) is 10.0 Å². The molecule has 2 rings (SSSR count). The van der Waals surface area contributed by atoms with Crippen molar-refractivity contribution < 1.29 is 27.5 Å². The summed E-state index contributed by atoms with van der Waals surface area (Å²) in [5.74, 6) is -0.875. The molecule has 1 heterocycles. The minimum absolute atomic E-state index is 0.0333. The Bertz CT molecular complexity index is 1070. The topological polar surface area (TPSA) is 165 Å². The molecule has 1 aromatic heterocycles. The number of carbonyl (C=O) groups excluding carboxylic acids is 2. The Balaban J connectivity index is 2.35. The summed E-state index contributed by atoms with van der Waals surface area (Å²) >= 11 is 0. The molecule has 1 amide bonds. The Morgan fingerprint density at radius 3 is 2.55 bits per heavy atom. The number of ether oxygens (including phenoxy) is 2. The maximum absolute atomic E-state index is 12.6. The van der Waals surface area contributed by atoms with E-state index in [9.17, 15) is 22.8 Å². The summed E-state index contributed by atoms with van der Waals surface area (Å²) in [6.45, 7) is 3.33. The lowest BCUT2D eigenvalue weighted by Crippen LogP contribution is -2.40. The van der Waals surface area contributed by atoms with E-state index in [2.05, 4.69) is 5.10 Å². The first kappa shape index (κ1) is 22.1. The first-order valence-corrected chi connectivity index (χ1v) is 10.0. The highest BCUT2D eigenvalue weighted by Crippen LogP contribution is 2.16. The van der Waals surface area contributed by atoms with Crippen LogP contribution in [0.15, 0.2) is 34.0 Å². The highest BCUT2D eigenvalue weighted by atomic mass is 32.2. The fourth-order valence-electron chi connectivity index (χ4n) is 2.16. The average molecular weight is 427 g/mol. The van der Waals surface area contributed by atoms with Gasteiger partial charge >= 0.3 is 23.7 Å². The maximum Gasteiger partial charge on any atom is 0.360 e. The van der Waals surface area contributed by atoms with Crippen LogP contribution >= 0.6 is 0 Å². The van der Waals surface area contributed by atoms with Gasteiger partial charge in [-0.3, -0.25) is 5.73 Å². The average Bonchev–Trinajstić information content (AvgIpc) is 2.96. The van der Waals surface area contributed by atoms with Crippen LogP contribution in [0.2, 0.25) is 0 Å². The number of nitrogens with one attached hydrogen (secondary N) is 1. The number of nitrogens with zero attached hydrogens (tertiary/aromatic N) is 3. The molecule has 0 fully saturated rings. The van der Waals surface area contributed by atoms with Gasteiger partial charge in [0.1, 0.15) is 4.90 Å². The number of rotatable bonds is 7. The second-order valence-electron chi connectivity index (χ2n) is 5.73. The number of sulfonamides is 1. The third-order valence-corrected chi connectivity index (χ3v) is 5.06. The summed E-state index contributed by atoms with van der Waals surface area (Å²) < 4.78 is 38.2. The van der Waals surface area contributed by atoms with Crippen molar-refractivity contribution >= 4 is 22.0 Å². The van der Waals surface area contributed by atoms with E-state index in [-0.39, 0.29) is 22.9 Å². The smallest absolute Gasteiger partial charge is 0.360 e. The van der Waals surface area contributed by atoms with Crippen molar-refractivity contribution in [2.24, 2.45) is 12.8 Å². The zero-order valence-electron chi connectivity index (χ0n) is 16.0. The SMILES string of the molecule is CCOC(=O)c1ccccc1S(=O)(=O)NC(=O)n1nc(OC(N)CC)n(C)c1=O. The van der Waals surface area contributed by atoms with E-state index in [1.165, 1.54) is 25.2 Å². The molecule has 1 unspecified atom stereocenters. The molecule has 12 nitrogen and oxygen atoms in total. The number of esters is 1. The summed E-state index contributed by atoms with van der Waals surface area (Å²) in [6.07, 6.45) is -0.362. The lowest BCUT2D eigenvalue weighted by Gasteiger charge is -2.10. The number of carbonyl (C=O) groups is 2. The van der Waals surface area contributed by atoms with Crippen LogP contribution in [0.4, 0.5) is 4.79 Å². The van der Waals surface area contributed by atoms with E-state index < -0.39 is 38.8 Å². The van der Waals surface area contributed by atoms with Gasteiger partial charge in [0.05, 0.1) is 12.2 Å². The van der Waals surface area contributed by atoms with Crippen molar-refractivity contribution in [3.05, 3.63) is 40.3 Å². The van der Waals surface area contributed by atoms with Gasteiger partial charge in [0.15, 0.2) is 6.23 Å². The van der Waals surface area contributed by atoms with Gasteiger partial charge in [-0.15, -0.1) is 9.78 Å². The molecule has 158 valence electrons. The fraction of sp³-hybridized carbons (Fsp3) is 0.375. The van der Waals surface area contributed by atoms with Crippen LogP contribution in [0.3, 0.4) is 0 Å². The van der Waals surface area contributed by atoms with Crippen molar-refractivity contribution in [3.8, 4) is 6.01 Å². The van der Waals surface area contributed by atoms with Crippen LogP contribution in [-0.4, -0.2) is 47.6 Å². The van der Waals surface area contributed by atoms with Gasteiger partial charge in [-0.05, 0) is 25.5 Å². The summed E-state index contributed by atoms with van der Waals surface area (Å²) in [5, 5.41) is 3.66. The van der Waals surface area contributed by atoms with Crippen molar-refractivity contribution in [3.63, 3.8) is 0 Å². The highest BCUT2D eigenvalue weighted by molar-refractivity contribution is 7.90. The van der Waals surface area contributed by atoms with Gasteiger partial charge in [0, 0.05) is 7.05 Å². The zero-order chi connectivity index (χ0) is 21.8. The second kappa shape index (κ2) is 8.87. The third-order valence-electron chi connectivity index (χ3n) is 3.69. The van der Waals surface area contributed by atoms with E-state index in [1.807, 2.05) is 0 Å². The van der Waals surface area contributed by atoms with Gasteiger partial charge in [-0.2, -0.15) is 0 Å². The van der Waals surface area contributed by atoms with E-state index >= 15 is 0 Å². The number of hydrogen-bond acceptors (Lipinski definition) is 9. The van der Waals surface area contributed by atoms with Crippen molar-refractivity contribution in [1.29, 1.82) is 0 Å². The van der Waals surface area contributed by atoms with Crippen LogP contribution < -0.4 is 20.9 Å². The standard InChI is InChI=1S/C16H21N5O7S/c1-4-12(17)28-15-18-21(16(24)20(15)3)14(23)19-29(25,26)11-9-7-6-8-10(11)13(22)27-5-2/h6-9,12H,4-5,17H2,1-3H3,(H,19,23). The number of nitrogens with two attached hydrogens (primary N) is 1. The van der Waals surface area contributed by atoms with Gasteiger partial charge in [-0.1, -0.05) is 19.1 Å². The van der Waals surface area contributed by atoms with Gasteiger partial charge < -0.3 is 9.47 Å². The van der Waals surface area contributed by atoms with Crippen molar-refractivity contribution in [1.82, 2.24) is 19.1 Å². The second-order valence-corrected chi connectivity index (χ2v) is 7.38. The molecular formula is C16H21N5O7S. The molecule has 0 aliphatic rings. The van der Waals surface area contributed by atoms with E-state index in [1.54, 1.807) is 18.6 Å². The van der Waals surface area contributed by atoms with Crippen molar-refractivity contribution in [2.45, 2.75) is 31.4 Å².